The lowest BCUT2D eigenvalue weighted by Crippen LogP contribution is -2.58. The van der Waals surface area contributed by atoms with Gasteiger partial charge in [0, 0.05) is 55.0 Å². The third-order valence-electron chi connectivity index (χ3n) is 10.6. The Labute approximate surface area is 283 Å². The predicted molar refractivity (Wildman–Crippen MR) is 183 cm³/mol. The van der Waals surface area contributed by atoms with E-state index in [1.807, 2.05) is 10.4 Å². The topological polar surface area (TPSA) is 109 Å². The van der Waals surface area contributed by atoms with Crippen molar-refractivity contribution in [2.75, 3.05) is 78.1 Å². The highest BCUT2D eigenvalue weighted by Gasteiger charge is 2.46. The number of phenolic OH excluding ortho intramolecular Hbond substituents is 1. The zero-order chi connectivity index (χ0) is 33.2. The van der Waals surface area contributed by atoms with Crippen molar-refractivity contribution in [1.29, 1.82) is 0 Å². The first-order valence-electron chi connectivity index (χ1n) is 16.7. The van der Waals surface area contributed by atoms with E-state index in [0.717, 1.165) is 58.4 Å². The molecule has 5 heterocycles. The van der Waals surface area contributed by atoms with Gasteiger partial charge in [0.2, 0.25) is 4.90 Å². The maximum absolute atomic E-state index is 15.2. The van der Waals surface area contributed by atoms with Gasteiger partial charge in [0.05, 0.1) is 37.6 Å². The van der Waals surface area contributed by atoms with Crippen LogP contribution < -0.4 is 15.0 Å². The molecular formula is C36H41FN6O4S. The fourth-order valence-corrected chi connectivity index (χ4v) is 9.10. The van der Waals surface area contributed by atoms with Crippen molar-refractivity contribution in [3.8, 4) is 24.1 Å². The molecule has 4 fully saturated rings. The van der Waals surface area contributed by atoms with Crippen molar-refractivity contribution >= 4 is 39.7 Å². The molecule has 48 heavy (non-hydrogen) atoms. The molecule has 1 aliphatic carbocycles. The van der Waals surface area contributed by atoms with Crippen LogP contribution in [0.25, 0.3) is 22.5 Å². The minimum absolute atomic E-state index is 0.00719. The van der Waals surface area contributed by atoms with E-state index in [2.05, 4.69) is 35.1 Å². The summed E-state index contributed by atoms with van der Waals surface area (Å²) in [7, 11) is 4.14. The van der Waals surface area contributed by atoms with Gasteiger partial charge in [-0.2, -0.15) is 14.3 Å². The van der Waals surface area contributed by atoms with Crippen LogP contribution in [0.5, 0.6) is 11.8 Å². The van der Waals surface area contributed by atoms with E-state index >= 15 is 4.39 Å². The van der Waals surface area contributed by atoms with Gasteiger partial charge in [0.25, 0.3) is 0 Å². The SMILES string of the molecule is C#Cc1c(F)ccc2cc(O)cc(C3=Cc4nc(OCC5(CN(C)C)CC5)nc(N5CCC6(CC5)CNC6)c4[S+]([O-])N3CC3COC3)c12. The summed E-state index contributed by atoms with van der Waals surface area (Å²) in [6, 6.07) is 6.29. The second-order valence-electron chi connectivity index (χ2n) is 14.6. The van der Waals surface area contributed by atoms with Crippen molar-refractivity contribution in [2.24, 2.45) is 16.7 Å². The Hall–Kier alpha value is -3.60. The largest absolute Gasteiger partial charge is 0.588 e. The minimum atomic E-state index is -1.74. The molecule has 2 N–H and O–H groups in total. The van der Waals surface area contributed by atoms with Gasteiger partial charge in [-0.3, -0.25) is 0 Å². The number of nitrogens with one attached hydrogen (secondary N) is 1. The van der Waals surface area contributed by atoms with Crippen LogP contribution in [0.2, 0.25) is 0 Å². The van der Waals surface area contributed by atoms with Gasteiger partial charge >= 0.3 is 6.01 Å². The standard InChI is InChI=1S/C36H41FN6O4S/c1-4-26-28(37)6-5-24-13-25(44)14-27(31(24)26)30-15-29-32(48(45)43(30)16-23-17-46-18-23)33(42-11-9-35(10-12-42)19-38-20-35)40-34(39-29)47-22-36(7-8-36)21-41(2)3/h1,5-6,13-15,23,38,44H,7-12,16-22H2,2-3H3. The van der Waals surface area contributed by atoms with Gasteiger partial charge in [-0.25, -0.2) is 4.39 Å². The molecule has 2 aromatic carbocycles. The van der Waals surface area contributed by atoms with E-state index in [4.69, 9.17) is 25.9 Å². The number of terminal acetylenes is 1. The highest BCUT2D eigenvalue weighted by Crippen LogP contribution is 2.48. The number of nitrogens with zero attached hydrogens (tertiary/aromatic N) is 5. The maximum atomic E-state index is 15.2. The molecule has 5 aliphatic rings. The number of phenols is 1. The summed E-state index contributed by atoms with van der Waals surface area (Å²) in [5, 5.41) is 15.3. The number of hydrogen-bond acceptors (Lipinski definition) is 10. The quantitative estimate of drug-likeness (QED) is 0.257. The highest BCUT2D eigenvalue weighted by molar-refractivity contribution is 7.89. The number of hydrogen-bond donors (Lipinski definition) is 2. The highest BCUT2D eigenvalue weighted by atomic mass is 32.2. The van der Waals surface area contributed by atoms with Crippen LogP contribution in [-0.4, -0.2) is 102 Å². The van der Waals surface area contributed by atoms with E-state index in [1.165, 1.54) is 6.07 Å². The van der Waals surface area contributed by atoms with Crippen LogP contribution in [0.15, 0.2) is 29.2 Å². The van der Waals surface area contributed by atoms with E-state index in [0.29, 0.717) is 70.2 Å². The first-order chi connectivity index (χ1) is 23.2. The van der Waals surface area contributed by atoms with Gasteiger partial charge in [-0.15, -0.1) is 6.42 Å². The van der Waals surface area contributed by atoms with E-state index in [-0.39, 0.29) is 28.7 Å². The van der Waals surface area contributed by atoms with Crippen molar-refractivity contribution in [3.63, 3.8) is 0 Å². The van der Waals surface area contributed by atoms with Crippen LogP contribution in [-0.2, 0) is 16.1 Å². The van der Waals surface area contributed by atoms with Crippen LogP contribution in [0.4, 0.5) is 10.2 Å². The molecule has 0 bridgehead atoms. The van der Waals surface area contributed by atoms with Crippen LogP contribution in [0.1, 0.15) is 42.5 Å². The summed E-state index contributed by atoms with van der Waals surface area (Å²) >= 11 is -1.74. The average molecular weight is 673 g/mol. The first-order valence-corrected chi connectivity index (χ1v) is 17.8. The second-order valence-corrected chi connectivity index (χ2v) is 15.9. The van der Waals surface area contributed by atoms with Gasteiger partial charge in [0.1, 0.15) is 28.6 Å². The van der Waals surface area contributed by atoms with Crippen LogP contribution in [0, 0.1) is 34.9 Å². The Morgan fingerprint density at radius 2 is 1.96 bits per heavy atom. The molecule has 10 nitrogen and oxygen atoms in total. The molecule has 8 rings (SSSR count). The van der Waals surface area contributed by atoms with Gasteiger partial charge in [0.15, 0.2) is 5.82 Å². The van der Waals surface area contributed by atoms with Gasteiger partial charge < -0.3 is 34.2 Å². The molecule has 1 atom stereocenters. The lowest BCUT2D eigenvalue weighted by molar-refractivity contribution is -0.0348. The number of fused-ring (bicyclic) bond motifs is 2. The molecule has 3 saturated heterocycles. The number of aromatic nitrogens is 2. The Balaban J connectivity index is 1.27. The summed E-state index contributed by atoms with van der Waals surface area (Å²) in [6.07, 6.45) is 11.9. The summed E-state index contributed by atoms with van der Waals surface area (Å²) in [5.74, 6) is 2.75. The molecule has 1 spiro atoms. The average Bonchev–Trinajstić information content (AvgIpc) is 3.79. The normalized spacial score (nSPS) is 22.6. The third-order valence-corrected chi connectivity index (χ3v) is 12.1. The Kier molecular flexibility index (Phi) is 7.96. The van der Waals surface area contributed by atoms with Crippen molar-refractivity contribution < 1.29 is 23.5 Å². The first kappa shape index (κ1) is 31.7. The number of rotatable bonds is 9. The lowest BCUT2D eigenvalue weighted by Gasteiger charge is -2.48. The van der Waals surface area contributed by atoms with Crippen molar-refractivity contribution in [1.82, 2.24) is 24.5 Å². The third kappa shape index (κ3) is 5.65. The lowest BCUT2D eigenvalue weighted by atomic mass is 9.73. The fraction of sp³-hybridized carbons (Fsp3) is 0.500. The molecule has 1 aromatic heterocycles. The number of aromatic hydroxyl groups is 1. The molecule has 1 saturated carbocycles. The molecule has 1 unspecified atom stereocenters. The monoisotopic (exact) mass is 672 g/mol. The van der Waals surface area contributed by atoms with Crippen LogP contribution in [0.3, 0.4) is 0 Å². The summed E-state index contributed by atoms with van der Waals surface area (Å²) in [4.78, 5) is 14.8. The van der Waals surface area contributed by atoms with Gasteiger partial charge in [-0.05, 0) is 74.9 Å². The summed E-state index contributed by atoms with van der Waals surface area (Å²) < 4.78 is 43.8. The second kappa shape index (κ2) is 12.1. The minimum Gasteiger partial charge on any atom is -0.588 e. The number of benzene rings is 2. The van der Waals surface area contributed by atoms with Crippen molar-refractivity contribution in [3.05, 3.63) is 46.9 Å². The Bertz CT molecular complexity index is 1820. The van der Waals surface area contributed by atoms with E-state index in [1.54, 1.807) is 18.2 Å². The molecule has 3 aromatic rings. The van der Waals surface area contributed by atoms with Crippen LogP contribution >= 0.6 is 0 Å². The number of halogens is 1. The fourth-order valence-electron chi connectivity index (χ4n) is 7.59. The Morgan fingerprint density at radius 1 is 1.19 bits per heavy atom. The zero-order valence-corrected chi connectivity index (χ0v) is 28.2. The van der Waals surface area contributed by atoms with Crippen molar-refractivity contribution in [2.45, 2.75) is 30.6 Å². The predicted octanol–water partition coefficient (Wildman–Crippen LogP) is 3.85. The van der Waals surface area contributed by atoms with E-state index in [9.17, 15) is 9.66 Å². The van der Waals surface area contributed by atoms with Gasteiger partial charge in [-0.1, -0.05) is 12.0 Å². The molecule has 0 radical (unpaired) electrons. The summed E-state index contributed by atoms with van der Waals surface area (Å²) in [6.45, 7) is 6.57. The molecule has 0 amide bonds. The number of anilines is 1. The molecular weight excluding hydrogens is 631 g/mol. The Morgan fingerprint density at radius 3 is 2.58 bits per heavy atom. The zero-order valence-electron chi connectivity index (χ0n) is 27.4. The molecule has 4 aliphatic heterocycles. The number of ether oxygens (including phenoxy) is 2. The smallest absolute Gasteiger partial charge is 0.319 e. The maximum Gasteiger partial charge on any atom is 0.319 e. The van der Waals surface area contributed by atoms with E-state index < -0.39 is 17.2 Å². The molecule has 12 heteroatoms. The number of piperidine rings is 1. The molecule has 252 valence electrons. The summed E-state index contributed by atoms with van der Waals surface area (Å²) in [5.41, 5.74) is 1.98.